The Kier molecular flexibility index (Phi) is 5.41. The standard InChI is InChI=1S/C20H18F3N3O/c21-20(22,23)15-6-3-13(4-7-15)5-9-17(24)19(27)26-16-8-10-18-14(12-16)2-1-11-25-18/h1-4,6-8,10-12,17H,5,9,24H2,(H,26,27). The van der Waals surface area contributed by atoms with Crippen LogP contribution in [-0.2, 0) is 17.4 Å². The first-order valence-electron chi connectivity index (χ1n) is 8.40. The average molecular weight is 373 g/mol. The molecule has 0 fully saturated rings. The second-order valence-electron chi connectivity index (χ2n) is 6.24. The zero-order chi connectivity index (χ0) is 19.4. The van der Waals surface area contributed by atoms with E-state index in [1.165, 1.54) is 12.1 Å². The van der Waals surface area contributed by atoms with Crippen molar-refractivity contribution < 1.29 is 18.0 Å². The van der Waals surface area contributed by atoms with Gasteiger partial charge in [-0.2, -0.15) is 13.2 Å². The second kappa shape index (κ2) is 7.75. The molecule has 0 aliphatic heterocycles. The van der Waals surface area contributed by atoms with E-state index in [2.05, 4.69) is 10.3 Å². The fraction of sp³-hybridized carbons (Fsp3) is 0.200. The Labute approximate surface area is 154 Å². The minimum absolute atomic E-state index is 0.326. The summed E-state index contributed by atoms with van der Waals surface area (Å²) in [5.41, 5.74) is 7.36. The van der Waals surface area contributed by atoms with Crippen molar-refractivity contribution in [1.82, 2.24) is 4.98 Å². The van der Waals surface area contributed by atoms with Crippen LogP contribution in [0, 0.1) is 0 Å². The van der Waals surface area contributed by atoms with E-state index in [1.54, 1.807) is 18.3 Å². The van der Waals surface area contributed by atoms with Crippen LogP contribution in [0.1, 0.15) is 17.5 Å². The van der Waals surface area contributed by atoms with E-state index in [0.29, 0.717) is 24.1 Å². The summed E-state index contributed by atoms with van der Waals surface area (Å²) in [5.74, 6) is -0.342. The number of carbonyl (C=O) groups is 1. The van der Waals surface area contributed by atoms with E-state index in [9.17, 15) is 18.0 Å². The van der Waals surface area contributed by atoms with Crippen molar-refractivity contribution in [2.24, 2.45) is 5.73 Å². The Bertz CT molecular complexity index is 939. The summed E-state index contributed by atoms with van der Waals surface area (Å²) in [5, 5.41) is 3.66. The van der Waals surface area contributed by atoms with Crippen LogP contribution >= 0.6 is 0 Å². The third-order valence-corrected chi connectivity index (χ3v) is 4.23. The third kappa shape index (κ3) is 4.83. The van der Waals surface area contributed by atoms with Crippen LogP contribution < -0.4 is 11.1 Å². The van der Waals surface area contributed by atoms with Crippen molar-refractivity contribution in [3.8, 4) is 0 Å². The van der Waals surface area contributed by atoms with Crippen molar-refractivity contribution in [3.63, 3.8) is 0 Å². The van der Waals surface area contributed by atoms with Gasteiger partial charge in [-0.15, -0.1) is 0 Å². The normalized spacial score (nSPS) is 12.7. The number of nitrogens with zero attached hydrogens (tertiary/aromatic N) is 1. The lowest BCUT2D eigenvalue weighted by Gasteiger charge is -2.13. The molecule has 3 N–H and O–H groups in total. The summed E-state index contributed by atoms with van der Waals surface area (Å²) >= 11 is 0. The number of benzene rings is 2. The summed E-state index contributed by atoms with van der Waals surface area (Å²) in [7, 11) is 0. The number of amides is 1. The molecule has 1 atom stereocenters. The quantitative estimate of drug-likeness (QED) is 0.706. The minimum atomic E-state index is -4.36. The summed E-state index contributed by atoms with van der Waals surface area (Å²) in [6.07, 6.45) is -1.93. The number of halogens is 3. The zero-order valence-corrected chi connectivity index (χ0v) is 14.3. The van der Waals surface area contributed by atoms with Gasteiger partial charge in [0.15, 0.2) is 0 Å². The molecule has 0 saturated heterocycles. The maximum absolute atomic E-state index is 12.6. The highest BCUT2D eigenvalue weighted by atomic mass is 19.4. The van der Waals surface area contributed by atoms with Crippen LogP contribution in [0.2, 0.25) is 0 Å². The average Bonchev–Trinajstić information content (AvgIpc) is 2.65. The second-order valence-corrected chi connectivity index (χ2v) is 6.24. The summed E-state index contributed by atoms with van der Waals surface area (Å²) in [6.45, 7) is 0. The highest BCUT2D eigenvalue weighted by Gasteiger charge is 2.29. The molecule has 0 saturated carbocycles. The molecule has 4 nitrogen and oxygen atoms in total. The van der Waals surface area contributed by atoms with Crippen LogP contribution in [0.4, 0.5) is 18.9 Å². The SMILES string of the molecule is NC(CCc1ccc(C(F)(F)F)cc1)C(=O)Nc1ccc2ncccc2c1. The Morgan fingerprint density at radius 1 is 1.11 bits per heavy atom. The Balaban J connectivity index is 1.57. The fourth-order valence-corrected chi connectivity index (χ4v) is 2.70. The maximum Gasteiger partial charge on any atom is 0.416 e. The Morgan fingerprint density at radius 2 is 1.85 bits per heavy atom. The van der Waals surface area contributed by atoms with Crippen molar-refractivity contribution in [1.29, 1.82) is 0 Å². The number of hydrogen-bond acceptors (Lipinski definition) is 3. The number of alkyl halides is 3. The predicted octanol–water partition coefficient (Wildman–Crippen LogP) is 4.15. The molecule has 3 aromatic rings. The van der Waals surface area contributed by atoms with Gasteiger partial charge in [0.1, 0.15) is 0 Å². The monoisotopic (exact) mass is 373 g/mol. The summed E-state index contributed by atoms with van der Waals surface area (Å²) in [4.78, 5) is 16.5. The van der Waals surface area contributed by atoms with Gasteiger partial charge in [-0.3, -0.25) is 9.78 Å². The van der Waals surface area contributed by atoms with Gasteiger partial charge in [0.05, 0.1) is 17.1 Å². The lowest BCUT2D eigenvalue weighted by Crippen LogP contribution is -2.36. The first kappa shape index (κ1) is 18.8. The van der Waals surface area contributed by atoms with Gasteiger partial charge in [-0.05, 0) is 54.8 Å². The van der Waals surface area contributed by atoms with E-state index < -0.39 is 17.8 Å². The van der Waals surface area contributed by atoms with E-state index in [4.69, 9.17) is 5.73 Å². The molecule has 140 valence electrons. The van der Waals surface area contributed by atoms with Crippen molar-refractivity contribution in [2.45, 2.75) is 25.1 Å². The number of aryl methyl sites for hydroxylation is 1. The number of nitrogens with two attached hydrogens (primary N) is 1. The first-order valence-corrected chi connectivity index (χ1v) is 8.40. The summed E-state index contributed by atoms with van der Waals surface area (Å²) < 4.78 is 37.7. The number of rotatable bonds is 5. The number of hydrogen-bond donors (Lipinski definition) is 2. The molecular weight excluding hydrogens is 355 g/mol. The van der Waals surface area contributed by atoms with Crippen LogP contribution in [-0.4, -0.2) is 16.9 Å². The number of carbonyl (C=O) groups excluding carboxylic acids is 1. The molecule has 1 heterocycles. The van der Waals surface area contributed by atoms with Gasteiger partial charge in [-0.25, -0.2) is 0 Å². The van der Waals surface area contributed by atoms with Gasteiger partial charge in [-0.1, -0.05) is 18.2 Å². The number of aromatic nitrogens is 1. The molecule has 0 aliphatic rings. The number of anilines is 1. The molecular formula is C20H18F3N3O. The lowest BCUT2D eigenvalue weighted by atomic mass is 10.0. The van der Waals surface area contributed by atoms with Gasteiger partial charge in [0, 0.05) is 17.3 Å². The van der Waals surface area contributed by atoms with Gasteiger partial charge in [0.2, 0.25) is 5.91 Å². The highest BCUT2D eigenvalue weighted by Crippen LogP contribution is 2.29. The lowest BCUT2D eigenvalue weighted by molar-refractivity contribution is -0.137. The fourth-order valence-electron chi connectivity index (χ4n) is 2.70. The smallest absolute Gasteiger partial charge is 0.325 e. The van der Waals surface area contributed by atoms with Gasteiger partial charge < -0.3 is 11.1 Å². The van der Waals surface area contributed by atoms with Crippen LogP contribution in [0.25, 0.3) is 10.9 Å². The van der Waals surface area contributed by atoms with Crippen LogP contribution in [0.15, 0.2) is 60.8 Å². The third-order valence-electron chi connectivity index (χ3n) is 4.23. The Hall–Kier alpha value is -2.93. The molecule has 0 spiro atoms. The van der Waals surface area contributed by atoms with E-state index in [-0.39, 0.29) is 5.91 Å². The molecule has 0 aliphatic carbocycles. The number of pyridine rings is 1. The number of fused-ring (bicyclic) bond motifs is 1. The molecule has 3 rings (SSSR count). The maximum atomic E-state index is 12.6. The predicted molar refractivity (Wildman–Crippen MR) is 98.1 cm³/mol. The van der Waals surface area contributed by atoms with Crippen LogP contribution in [0.5, 0.6) is 0 Å². The van der Waals surface area contributed by atoms with E-state index in [1.807, 2.05) is 18.2 Å². The number of nitrogens with one attached hydrogen (secondary N) is 1. The summed E-state index contributed by atoms with van der Waals surface area (Å²) in [6, 6.07) is 13.2. The van der Waals surface area contributed by atoms with Gasteiger partial charge >= 0.3 is 6.18 Å². The topological polar surface area (TPSA) is 68.0 Å². The molecule has 0 radical (unpaired) electrons. The zero-order valence-electron chi connectivity index (χ0n) is 14.3. The van der Waals surface area contributed by atoms with Crippen molar-refractivity contribution in [3.05, 3.63) is 71.9 Å². The largest absolute Gasteiger partial charge is 0.416 e. The van der Waals surface area contributed by atoms with Crippen molar-refractivity contribution in [2.75, 3.05) is 5.32 Å². The van der Waals surface area contributed by atoms with Gasteiger partial charge in [0.25, 0.3) is 0 Å². The molecule has 1 aromatic heterocycles. The van der Waals surface area contributed by atoms with E-state index in [0.717, 1.165) is 23.0 Å². The molecule has 7 heteroatoms. The molecule has 2 aromatic carbocycles. The molecule has 1 unspecified atom stereocenters. The van der Waals surface area contributed by atoms with Crippen LogP contribution in [0.3, 0.4) is 0 Å². The molecule has 1 amide bonds. The Morgan fingerprint density at radius 3 is 2.56 bits per heavy atom. The van der Waals surface area contributed by atoms with E-state index >= 15 is 0 Å². The first-order chi connectivity index (χ1) is 12.8. The van der Waals surface area contributed by atoms with Crippen molar-refractivity contribution >= 4 is 22.5 Å². The minimum Gasteiger partial charge on any atom is -0.325 e. The molecule has 27 heavy (non-hydrogen) atoms. The molecule has 0 bridgehead atoms. The highest BCUT2D eigenvalue weighted by molar-refractivity contribution is 5.96.